The van der Waals surface area contributed by atoms with Crippen molar-refractivity contribution in [1.29, 1.82) is 0 Å². The van der Waals surface area contributed by atoms with E-state index in [2.05, 4.69) is 24.1 Å². The van der Waals surface area contributed by atoms with Crippen LogP contribution in [-0.2, 0) is 17.9 Å². The number of rotatable bonds is 11. The zero-order valence-corrected chi connectivity index (χ0v) is 16.5. The topological polar surface area (TPSA) is 50.8 Å². The summed E-state index contributed by atoms with van der Waals surface area (Å²) in [6.45, 7) is 8.76. The second kappa shape index (κ2) is 11.4. The van der Waals surface area contributed by atoms with Crippen LogP contribution in [0, 0.1) is 0 Å². The molecule has 2 aromatic carbocycles. The van der Waals surface area contributed by atoms with Crippen LogP contribution in [0.5, 0.6) is 5.75 Å². The number of carbonyl (C=O) groups is 1. The van der Waals surface area contributed by atoms with Gasteiger partial charge < -0.3 is 19.7 Å². The molecule has 0 spiro atoms. The minimum Gasteiger partial charge on any atom is -0.492 e. The zero-order valence-electron chi connectivity index (χ0n) is 16.5. The highest BCUT2D eigenvalue weighted by molar-refractivity contribution is 5.94. The molecule has 146 valence electrons. The minimum absolute atomic E-state index is 0.106. The molecule has 0 saturated carbocycles. The molecule has 0 bridgehead atoms. The van der Waals surface area contributed by atoms with E-state index in [9.17, 15) is 4.79 Å². The highest BCUT2D eigenvalue weighted by Gasteiger charge is 2.09. The number of amides is 1. The molecule has 0 aromatic heterocycles. The Hall–Kier alpha value is -2.37. The van der Waals surface area contributed by atoms with Crippen LogP contribution < -0.4 is 10.1 Å². The van der Waals surface area contributed by atoms with Gasteiger partial charge in [-0.3, -0.25) is 4.79 Å². The van der Waals surface area contributed by atoms with E-state index < -0.39 is 0 Å². The first-order valence-electron chi connectivity index (χ1n) is 9.47. The highest BCUT2D eigenvalue weighted by Crippen LogP contribution is 2.18. The van der Waals surface area contributed by atoms with Gasteiger partial charge in [-0.05, 0) is 36.9 Å². The Balaban J connectivity index is 1.93. The SMILES string of the molecule is CCN(CC)CCOc1ccccc1CNC(=O)c1cccc(COC)c1. The van der Waals surface area contributed by atoms with E-state index in [1.54, 1.807) is 13.2 Å². The predicted octanol–water partition coefficient (Wildman–Crippen LogP) is 3.48. The first-order valence-corrected chi connectivity index (χ1v) is 9.47. The largest absolute Gasteiger partial charge is 0.492 e. The molecule has 0 fully saturated rings. The number of hydrogen-bond donors (Lipinski definition) is 1. The lowest BCUT2D eigenvalue weighted by atomic mass is 10.1. The Morgan fingerprint density at radius 3 is 2.59 bits per heavy atom. The van der Waals surface area contributed by atoms with Crippen LogP contribution in [0.25, 0.3) is 0 Å². The quantitative estimate of drug-likeness (QED) is 0.658. The molecule has 5 heteroatoms. The van der Waals surface area contributed by atoms with Crippen molar-refractivity contribution in [2.75, 3.05) is 33.4 Å². The maximum Gasteiger partial charge on any atom is 0.251 e. The van der Waals surface area contributed by atoms with E-state index in [4.69, 9.17) is 9.47 Å². The lowest BCUT2D eigenvalue weighted by Crippen LogP contribution is -2.28. The standard InChI is InChI=1S/C22H30N2O3/c1-4-24(5-2)13-14-27-21-12-7-6-10-20(21)16-23-22(25)19-11-8-9-18(15-19)17-26-3/h6-12,15H,4-5,13-14,16-17H2,1-3H3,(H,23,25). The van der Waals surface area contributed by atoms with E-state index in [0.29, 0.717) is 25.3 Å². The Bertz CT molecular complexity index is 714. The second-order valence-electron chi connectivity index (χ2n) is 6.30. The summed E-state index contributed by atoms with van der Waals surface area (Å²) in [5, 5.41) is 2.98. The number of methoxy groups -OCH3 is 1. The summed E-state index contributed by atoms with van der Waals surface area (Å²) in [5.74, 6) is 0.712. The third-order valence-electron chi connectivity index (χ3n) is 4.47. The van der Waals surface area contributed by atoms with E-state index in [0.717, 1.165) is 36.5 Å². The molecule has 27 heavy (non-hydrogen) atoms. The molecule has 0 heterocycles. The summed E-state index contributed by atoms with van der Waals surface area (Å²) in [4.78, 5) is 14.8. The van der Waals surface area contributed by atoms with Crippen LogP contribution in [0.15, 0.2) is 48.5 Å². The minimum atomic E-state index is -0.106. The van der Waals surface area contributed by atoms with Gasteiger partial charge in [0.05, 0.1) is 6.61 Å². The van der Waals surface area contributed by atoms with Gasteiger partial charge in [-0.25, -0.2) is 0 Å². The Kier molecular flexibility index (Phi) is 8.81. The van der Waals surface area contributed by atoms with E-state index in [-0.39, 0.29) is 5.91 Å². The number of hydrogen-bond acceptors (Lipinski definition) is 4. The average Bonchev–Trinajstić information content (AvgIpc) is 2.70. The summed E-state index contributed by atoms with van der Waals surface area (Å²) >= 11 is 0. The third kappa shape index (κ3) is 6.70. The van der Waals surface area contributed by atoms with Crippen molar-refractivity contribution in [3.05, 3.63) is 65.2 Å². The molecule has 1 N–H and O–H groups in total. The molecular weight excluding hydrogens is 340 g/mol. The van der Waals surface area contributed by atoms with Gasteiger partial charge in [-0.15, -0.1) is 0 Å². The van der Waals surface area contributed by atoms with Crippen LogP contribution in [0.4, 0.5) is 0 Å². The van der Waals surface area contributed by atoms with Crippen molar-refractivity contribution < 1.29 is 14.3 Å². The lowest BCUT2D eigenvalue weighted by Gasteiger charge is -2.19. The molecule has 0 atom stereocenters. The van der Waals surface area contributed by atoms with Crippen LogP contribution in [-0.4, -0.2) is 44.2 Å². The monoisotopic (exact) mass is 370 g/mol. The summed E-state index contributed by atoms with van der Waals surface area (Å²) in [5.41, 5.74) is 2.58. The van der Waals surface area contributed by atoms with E-state index >= 15 is 0 Å². The van der Waals surface area contributed by atoms with Crippen molar-refractivity contribution >= 4 is 5.91 Å². The van der Waals surface area contributed by atoms with Crippen LogP contribution in [0.3, 0.4) is 0 Å². The third-order valence-corrected chi connectivity index (χ3v) is 4.47. The Labute approximate surface area is 162 Å². The molecule has 2 aromatic rings. The Morgan fingerprint density at radius 1 is 1.07 bits per heavy atom. The van der Waals surface area contributed by atoms with Gasteiger partial charge in [-0.2, -0.15) is 0 Å². The maximum atomic E-state index is 12.5. The van der Waals surface area contributed by atoms with Gasteiger partial charge >= 0.3 is 0 Å². The van der Waals surface area contributed by atoms with Crippen LogP contribution >= 0.6 is 0 Å². The molecule has 0 aliphatic heterocycles. The van der Waals surface area contributed by atoms with Crippen molar-refractivity contribution in [3.8, 4) is 5.75 Å². The number of ether oxygens (including phenoxy) is 2. The molecule has 0 saturated heterocycles. The average molecular weight is 370 g/mol. The number of para-hydroxylation sites is 1. The fourth-order valence-corrected chi connectivity index (χ4v) is 2.86. The molecule has 5 nitrogen and oxygen atoms in total. The highest BCUT2D eigenvalue weighted by atomic mass is 16.5. The number of nitrogens with zero attached hydrogens (tertiary/aromatic N) is 1. The lowest BCUT2D eigenvalue weighted by molar-refractivity contribution is 0.0950. The number of likely N-dealkylation sites (N-methyl/N-ethyl adjacent to an activating group) is 1. The number of carbonyl (C=O) groups excluding carboxylic acids is 1. The molecule has 0 radical (unpaired) electrons. The molecular formula is C22H30N2O3. The van der Waals surface area contributed by atoms with Gasteiger partial charge in [0.25, 0.3) is 5.91 Å². The summed E-state index contributed by atoms with van der Waals surface area (Å²) in [6, 6.07) is 15.3. The van der Waals surface area contributed by atoms with Crippen molar-refractivity contribution in [2.45, 2.75) is 27.0 Å². The maximum absolute atomic E-state index is 12.5. The fraction of sp³-hybridized carbons (Fsp3) is 0.409. The zero-order chi connectivity index (χ0) is 19.5. The van der Waals surface area contributed by atoms with Crippen LogP contribution in [0.2, 0.25) is 0 Å². The summed E-state index contributed by atoms with van der Waals surface area (Å²) < 4.78 is 11.1. The van der Waals surface area contributed by atoms with Crippen LogP contribution in [0.1, 0.15) is 35.3 Å². The van der Waals surface area contributed by atoms with Crippen molar-refractivity contribution in [2.24, 2.45) is 0 Å². The fourth-order valence-electron chi connectivity index (χ4n) is 2.86. The van der Waals surface area contributed by atoms with Gasteiger partial charge in [0.1, 0.15) is 12.4 Å². The summed E-state index contributed by atoms with van der Waals surface area (Å²) in [7, 11) is 1.64. The van der Waals surface area contributed by atoms with Crippen molar-refractivity contribution in [3.63, 3.8) is 0 Å². The van der Waals surface area contributed by atoms with E-state index in [1.165, 1.54) is 0 Å². The number of benzene rings is 2. The Morgan fingerprint density at radius 2 is 1.85 bits per heavy atom. The molecule has 0 aliphatic carbocycles. The van der Waals surface area contributed by atoms with E-state index in [1.807, 2.05) is 42.5 Å². The van der Waals surface area contributed by atoms with Crippen molar-refractivity contribution in [1.82, 2.24) is 10.2 Å². The molecule has 0 aliphatic rings. The first-order chi connectivity index (χ1) is 13.2. The summed E-state index contributed by atoms with van der Waals surface area (Å²) in [6.07, 6.45) is 0. The molecule has 1 amide bonds. The van der Waals surface area contributed by atoms with Gasteiger partial charge in [-0.1, -0.05) is 44.2 Å². The number of nitrogens with one attached hydrogen (secondary N) is 1. The van der Waals surface area contributed by atoms with Gasteiger partial charge in [0.2, 0.25) is 0 Å². The molecule has 0 unspecified atom stereocenters. The smallest absolute Gasteiger partial charge is 0.251 e. The predicted molar refractivity (Wildman–Crippen MR) is 108 cm³/mol. The van der Waals surface area contributed by atoms with Gasteiger partial charge in [0.15, 0.2) is 0 Å². The first kappa shape index (κ1) is 20.9. The normalized spacial score (nSPS) is 10.8. The second-order valence-corrected chi connectivity index (χ2v) is 6.30. The van der Waals surface area contributed by atoms with Gasteiger partial charge in [0, 0.05) is 31.3 Å². The molecule has 2 rings (SSSR count).